The molecule has 1 saturated carbocycles. The van der Waals surface area contributed by atoms with E-state index < -0.39 is 11.9 Å². The molecule has 2 amide bonds. The molecule has 0 bridgehead atoms. The second-order valence-electron chi connectivity index (χ2n) is 6.65. The molecule has 0 radical (unpaired) electrons. The van der Waals surface area contributed by atoms with E-state index >= 15 is 0 Å². The van der Waals surface area contributed by atoms with E-state index in [9.17, 15) is 9.59 Å². The Kier molecular flexibility index (Phi) is 4.84. The fourth-order valence-corrected chi connectivity index (χ4v) is 3.80. The monoisotopic (exact) mass is 316 g/mol. The largest absolute Gasteiger partial charge is 0.481 e. The van der Waals surface area contributed by atoms with Gasteiger partial charge in [-0.2, -0.15) is 0 Å². The molecule has 5 heteroatoms. The maximum atomic E-state index is 12.6. The minimum absolute atomic E-state index is 0.0232. The van der Waals surface area contributed by atoms with Crippen LogP contribution in [0.2, 0.25) is 0 Å². The van der Waals surface area contributed by atoms with Gasteiger partial charge >= 0.3 is 12.0 Å². The zero-order valence-electron chi connectivity index (χ0n) is 13.3. The fourth-order valence-electron chi connectivity index (χ4n) is 3.80. The predicted molar refractivity (Wildman–Crippen MR) is 87.0 cm³/mol. The number of carboxylic acids is 1. The van der Waals surface area contributed by atoms with Crippen LogP contribution >= 0.6 is 0 Å². The van der Waals surface area contributed by atoms with E-state index in [1.807, 2.05) is 18.2 Å². The Bertz CT molecular complexity index is 555. The first-order chi connectivity index (χ1) is 11.1. The fraction of sp³-hybridized carbons (Fsp3) is 0.556. The van der Waals surface area contributed by atoms with Crippen molar-refractivity contribution in [2.24, 2.45) is 11.8 Å². The lowest BCUT2D eigenvalue weighted by molar-refractivity contribution is -0.141. The molecular weight excluding hydrogens is 292 g/mol. The van der Waals surface area contributed by atoms with Crippen LogP contribution in [0.25, 0.3) is 0 Å². The van der Waals surface area contributed by atoms with Gasteiger partial charge in [0.15, 0.2) is 0 Å². The Hall–Kier alpha value is -2.04. The van der Waals surface area contributed by atoms with Crippen molar-refractivity contribution in [3.63, 3.8) is 0 Å². The smallest absolute Gasteiger partial charge is 0.317 e. The third-order valence-corrected chi connectivity index (χ3v) is 5.13. The number of benzene rings is 1. The highest BCUT2D eigenvalue weighted by Gasteiger charge is 2.33. The molecule has 1 aromatic carbocycles. The zero-order chi connectivity index (χ0) is 16.2. The van der Waals surface area contributed by atoms with E-state index in [1.165, 1.54) is 12.8 Å². The summed E-state index contributed by atoms with van der Waals surface area (Å²) in [6.07, 6.45) is 5.25. The molecule has 2 N–H and O–H groups in total. The van der Waals surface area contributed by atoms with Gasteiger partial charge in [-0.25, -0.2) is 4.79 Å². The molecule has 1 aliphatic carbocycles. The summed E-state index contributed by atoms with van der Waals surface area (Å²) in [4.78, 5) is 25.3. The van der Waals surface area contributed by atoms with Crippen LogP contribution in [0, 0.1) is 11.8 Å². The highest BCUT2D eigenvalue weighted by Crippen LogP contribution is 2.36. The normalized spacial score (nSPS) is 23.0. The average Bonchev–Trinajstić information content (AvgIpc) is 3.24. The number of urea groups is 1. The first-order valence-electron chi connectivity index (χ1n) is 8.48. The number of nitrogens with one attached hydrogen (secondary N) is 1. The van der Waals surface area contributed by atoms with Gasteiger partial charge in [0, 0.05) is 13.1 Å². The van der Waals surface area contributed by atoms with Crippen molar-refractivity contribution in [2.45, 2.75) is 38.1 Å². The third kappa shape index (κ3) is 3.66. The van der Waals surface area contributed by atoms with E-state index in [0.717, 1.165) is 18.4 Å². The van der Waals surface area contributed by atoms with Crippen molar-refractivity contribution in [3.8, 4) is 0 Å². The molecule has 124 valence electrons. The number of carbonyl (C=O) groups excluding carboxylic acids is 1. The summed E-state index contributed by atoms with van der Waals surface area (Å²) in [5.41, 5.74) is 1.14. The van der Waals surface area contributed by atoms with Gasteiger partial charge in [-0.3, -0.25) is 4.79 Å². The van der Waals surface area contributed by atoms with Gasteiger partial charge in [0.25, 0.3) is 0 Å². The number of carboxylic acid groups (broad SMARTS) is 1. The molecular formula is C18H24N2O3. The van der Waals surface area contributed by atoms with Crippen LogP contribution in [0.3, 0.4) is 0 Å². The zero-order valence-corrected chi connectivity index (χ0v) is 13.3. The van der Waals surface area contributed by atoms with Crippen molar-refractivity contribution < 1.29 is 14.7 Å². The summed E-state index contributed by atoms with van der Waals surface area (Å²) in [5, 5.41) is 12.3. The Morgan fingerprint density at radius 1 is 1.13 bits per heavy atom. The number of aliphatic carboxylic acids is 1. The Labute approximate surface area is 136 Å². The van der Waals surface area contributed by atoms with Gasteiger partial charge in [-0.05, 0) is 30.7 Å². The highest BCUT2D eigenvalue weighted by atomic mass is 16.4. The summed E-state index contributed by atoms with van der Waals surface area (Å²) < 4.78 is 0. The lowest BCUT2D eigenvalue weighted by Crippen LogP contribution is -2.42. The third-order valence-electron chi connectivity index (χ3n) is 5.13. The second-order valence-corrected chi connectivity index (χ2v) is 6.65. The lowest BCUT2D eigenvalue weighted by atomic mass is 9.92. The number of nitrogens with zero attached hydrogens (tertiary/aromatic N) is 1. The van der Waals surface area contributed by atoms with Gasteiger partial charge in [0.2, 0.25) is 0 Å². The molecule has 3 rings (SSSR count). The first-order valence-corrected chi connectivity index (χ1v) is 8.48. The number of amides is 2. The maximum Gasteiger partial charge on any atom is 0.317 e. The number of hydrogen-bond acceptors (Lipinski definition) is 2. The Morgan fingerprint density at radius 2 is 1.83 bits per heavy atom. The summed E-state index contributed by atoms with van der Waals surface area (Å²) in [6.45, 7) is 0.836. The van der Waals surface area contributed by atoms with Crippen molar-refractivity contribution in [3.05, 3.63) is 35.9 Å². The summed E-state index contributed by atoms with van der Waals surface area (Å²) in [7, 11) is 0. The van der Waals surface area contributed by atoms with Crippen LogP contribution in [0.4, 0.5) is 4.79 Å². The van der Waals surface area contributed by atoms with Gasteiger partial charge in [0.1, 0.15) is 0 Å². The number of carbonyl (C=O) groups is 2. The molecule has 1 saturated heterocycles. The molecule has 1 aliphatic heterocycles. The SMILES string of the molecule is O=C(O)C1CCN(C(=O)NC(c2ccccc2)C2CCCC2)C1. The van der Waals surface area contributed by atoms with Crippen LogP contribution in [-0.2, 0) is 4.79 Å². The molecule has 5 nitrogen and oxygen atoms in total. The van der Waals surface area contributed by atoms with Crippen molar-refractivity contribution in [2.75, 3.05) is 13.1 Å². The van der Waals surface area contributed by atoms with Gasteiger partial charge < -0.3 is 15.3 Å². The predicted octanol–water partition coefficient (Wildman–Crippen LogP) is 3.03. The molecule has 23 heavy (non-hydrogen) atoms. The van der Waals surface area contributed by atoms with E-state index in [-0.39, 0.29) is 12.1 Å². The number of hydrogen-bond donors (Lipinski definition) is 2. The van der Waals surface area contributed by atoms with Crippen molar-refractivity contribution in [1.29, 1.82) is 0 Å². The number of likely N-dealkylation sites (tertiary alicyclic amines) is 1. The summed E-state index contributed by atoms with van der Waals surface area (Å²) in [5.74, 6) is -0.766. The molecule has 2 fully saturated rings. The Balaban J connectivity index is 1.69. The van der Waals surface area contributed by atoms with Crippen LogP contribution in [0.15, 0.2) is 30.3 Å². The van der Waals surface area contributed by atoms with E-state index in [4.69, 9.17) is 5.11 Å². The lowest BCUT2D eigenvalue weighted by Gasteiger charge is -2.28. The highest BCUT2D eigenvalue weighted by molar-refractivity contribution is 5.77. The summed E-state index contributed by atoms with van der Waals surface area (Å²) in [6, 6.07) is 10.00. The molecule has 2 atom stereocenters. The van der Waals surface area contributed by atoms with E-state index in [1.54, 1.807) is 4.90 Å². The van der Waals surface area contributed by atoms with Crippen LogP contribution in [0.5, 0.6) is 0 Å². The quantitative estimate of drug-likeness (QED) is 0.897. The van der Waals surface area contributed by atoms with Crippen molar-refractivity contribution >= 4 is 12.0 Å². The summed E-state index contributed by atoms with van der Waals surface area (Å²) >= 11 is 0. The maximum absolute atomic E-state index is 12.6. The van der Waals surface area contributed by atoms with Crippen LogP contribution < -0.4 is 5.32 Å². The molecule has 2 aliphatic rings. The second kappa shape index (κ2) is 7.02. The van der Waals surface area contributed by atoms with Crippen LogP contribution in [0.1, 0.15) is 43.7 Å². The number of rotatable bonds is 4. The minimum Gasteiger partial charge on any atom is -0.481 e. The molecule has 1 aromatic rings. The minimum atomic E-state index is -0.810. The van der Waals surface area contributed by atoms with Gasteiger partial charge in [-0.1, -0.05) is 43.2 Å². The molecule has 0 aromatic heterocycles. The first kappa shape index (κ1) is 15.8. The molecule has 1 heterocycles. The standard InChI is InChI=1S/C18H24N2O3/c21-17(22)15-10-11-20(12-15)18(23)19-16(14-8-4-5-9-14)13-6-2-1-3-7-13/h1-3,6-7,14-16H,4-5,8-12H2,(H,19,23)(H,21,22). The average molecular weight is 316 g/mol. The van der Waals surface area contributed by atoms with E-state index in [0.29, 0.717) is 25.4 Å². The molecule has 0 spiro atoms. The van der Waals surface area contributed by atoms with Gasteiger partial charge in [-0.15, -0.1) is 0 Å². The van der Waals surface area contributed by atoms with Gasteiger partial charge in [0.05, 0.1) is 12.0 Å². The Morgan fingerprint density at radius 3 is 2.43 bits per heavy atom. The van der Waals surface area contributed by atoms with Crippen LogP contribution in [-0.4, -0.2) is 35.1 Å². The van der Waals surface area contributed by atoms with Crippen molar-refractivity contribution in [1.82, 2.24) is 10.2 Å². The molecule has 2 unspecified atom stereocenters. The van der Waals surface area contributed by atoms with E-state index in [2.05, 4.69) is 17.4 Å². The topological polar surface area (TPSA) is 69.6 Å².